The minimum Gasteiger partial charge on any atom is -0.508 e. The van der Waals surface area contributed by atoms with Gasteiger partial charge < -0.3 is 14.8 Å². The van der Waals surface area contributed by atoms with Crippen LogP contribution in [0.5, 0.6) is 5.75 Å². The molecule has 2 N–H and O–H groups in total. The van der Waals surface area contributed by atoms with Gasteiger partial charge in [-0.05, 0) is 31.2 Å². The first-order valence-electron chi connectivity index (χ1n) is 5.69. The van der Waals surface area contributed by atoms with Crippen LogP contribution >= 0.6 is 11.8 Å². The van der Waals surface area contributed by atoms with E-state index in [1.54, 1.807) is 24.3 Å². The monoisotopic (exact) mass is 279 g/mol. The van der Waals surface area contributed by atoms with Crippen molar-refractivity contribution in [2.45, 2.75) is 18.6 Å². The van der Waals surface area contributed by atoms with Crippen LogP contribution in [0.2, 0.25) is 0 Å². The lowest BCUT2D eigenvalue weighted by Crippen LogP contribution is -2.03. The molecule has 0 atom stereocenters. The van der Waals surface area contributed by atoms with Crippen molar-refractivity contribution in [2.75, 3.05) is 5.75 Å². The summed E-state index contributed by atoms with van der Waals surface area (Å²) in [5.41, 5.74) is 0.828. The normalized spacial score (nSPS) is 10.6. The third kappa shape index (κ3) is 3.05. The number of carboxylic acid groups (broad SMARTS) is 1. The molecule has 0 aliphatic heterocycles. The molecule has 0 fully saturated rings. The van der Waals surface area contributed by atoms with Crippen LogP contribution in [0, 0.1) is 0 Å². The number of carbonyl (C=O) groups is 1. The Balaban J connectivity index is 2.31. The van der Waals surface area contributed by atoms with Gasteiger partial charge in [-0.3, -0.25) is 4.79 Å². The molecule has 0 amide bonds. The minimum absolute atomic E-state index is 0.0479. The van der Waals surface area contributed by atoms with E-state index in [9.17, 15) is 9.90 Å². The molecule has 1 aromatic carbocycles. The molecule has 1 heterocycles. The molecule has 1 aromatic heterocycles. The maximum atomic E-state index is 10.6. The summed E-state index contributed by atoms with van der Waals surface area (Å²) in [6.45, 7) is 2.59. The molecule has 100 valence electrons. The summed E-state index contributed by atoms with van der Waals surface area (Å²) in [5.74, 6) is -0.0859. The van der Waals surface area contributed by atoms with Crippen LogP contribution in [-0.2, 0) is 11.3 Å². The Kier molecular flexibility index (Phi) is 4.06. The molecule has 2 aromatic rings. The number of rotatable bonds is 5. The molecule has 0 unspecified atom stereocenters. The van der Waals surface area contributed by atoms with Crippen LogP contribution in [-0.4, -0.2) is 36.7 Å². The van der Waals surface area contributed by atoms with E-state index in [0.717, 1.165) is 17.3 Å². The van der Waals surface area contributed by atoms with E-state index in [1.807, 2.05) is 11.5 Å². The van der Waals surface area contributed by atoms with E-state index < -0.39 is 5.97 Å². The number of benzene rings is 1. The largest absolute Gasteiger partial charge is 0.508 e. The van der Waals surface area contributed by atoms with E-state index in [-0.39, 0.29) is 11.5 Å². The lowest BCUT2D eigenvalue weighted by Gasteiger charge is -2.06. The number of aliphatic carboxylic acids is 1. The Morgan fingerprint density at radius 1 is 1.32 bits per heavy atom. The number of hydrogen-bond donors (Lipinski definition) is 2. The van der Waals surface area contributed by atoms with Crippen LogP contribution in [0.25, 0.3) is 11.4 Å². The average molecular weight is 279 g/mol. The van der Waals surface area contributed by atoms with Gasteiger partial charge in [0.1, 0.15) is 5.75 Å². The number of hydrogen-bond acceptors (Lipinski definition) is 5. The highest BCUT2D eigenvalue weighted by Crippen LogP contribution is 2.25. The van der Waals surface area contributed by atoms with Gasteiger partial charge in [0.25, 0.3) is 0 Å². The van der Waals surface area contributed by atoms with Crippen LogP contribution in [0.3, 0.4) is 0 Å². The second-order valence-electron chi connectivity index (χ2n) is 3.78. The average Bonchev–Trinajstić information content (AvgIpc) is 2.80. The Labute approximate surface area is 114 Å². The summed E-state index contributed by atoms with van der Waals surface area (Å²) in [6.07, 6.45) is 0. The number of phenols is 1. The predicted molar refractivity (Wildman–Crippen MR) is 71.2 cm³/mol. The van der Waals surface area contributed by atoms with Crippen LogP contribution < -0.4 is 0 Å². The topological polar surface area (TPSA) is 88.2 Å². The second kappa shape index (κ2) is 5.75. The van der Waals surface area contributed by atoms with E-state index in [1.165, 1.54) is 0 Å². The zero-order valence-corrected chi connectivity index (χ0v) is 11.1. The zero-order valence-electron chi connectivity index (χ0n) is 10.3. The first-order valence-corrected chi connectivity index (χ1v) is 6.67. The highest BCUT2D eigenvalue weighted by Gasteiger charge is 2.14. The molecule has 2 rings (SSSR count). The Hall–Kier alpha value is -2.02. The molecule has 0 bridgehead atoms. The fourth-order valence-corrected chi connectivity index (χ4v) is 2.35. The Bertz CT molecular complexity index is 580. The lowest BCUT2D eigenvalue weighted by atomic mass is 10.2. The van der Waals surface area contributed by atoms with Crippen molar-refractivity contribution >= 4 is 17.7 Å². The third-order valence-corrected chi connectivity index (χ3v) is 3.43. The summed E-state index contributed by atoms with van der Waals surface area (Å²) in [5, 5.41) is 26.6. The van der Waals surface area contributed by atoms with Crippen molar-refractivity contribution in [1.82, 2.24) is 14.8 Å². The number of aromatic hydroxyl groups is 1. The fourth-order valence-electron chi connectivity index (χ4n) is 1.63. The summed E-state index contributed by atoms with van der Waals surface area (Å²) in [7, 11) is 0. The first kappa shape index (κ1) is 13.4. The van der Waals surface area contributed by atoms with E-state index >= 15 is 0 Å². The predicted octanol–water partition coefficient (Wildman–Crippen LogP) is 1.85. The van der Waals surface area contributed by atoms with Gasteiger partial charge in [0.2, 0.25) is 0 Å². The Morgan fingerprint density at radius 3 is 2.58 bits per heavy atom. The molecule has 0 aliphatic rings. The van der Waals surface area contributed by atoms with Crippen molar-refractivity contribution in [3.05, 3.63) is 24.3 Å². The van der Waals surface area contributed by atoms with Gasteiger partial charge in [0.15, 0.2) is 11.0 Å². The SMILES string of the molecule is CCn1c(SCC(=O)O)nnc1-c1ccc(O)cc1. The van der Waals surface area contributed by atoms with E-state index in [0.29, 0.717) is 17.5 Å². The van der Waals surface area contributed by atoms with Gasteiger partial charge >= 0.3 is 5.97 Å². The molecular weight excluding hydrogens is 266 g/mol. The fraction of sp³-hybridized carbons (Fsp3) is 0.250. The van der Waals surface area contributed by atoms with Gasteiger partial charge in [-0.1, -0.05) is 11.8 Å². The van der Waals surface area contributed by atoms with Crippen molar-refractivity contribution in [1.29, 1.82) is 0 Å². The molecule has 6 nitrogen and oxygen atoms in total. The highest BCUT2D eigenvalue weighted by molar-refractivity contribution is 7.99. The van der Waals surface area contributed by atoms with Crippen molar-refractivity contribution in [2.24, 2.45) is 0 Å². The van der Waals surface area contributed by atoms with Gasteiger partial charge in [0, 0.05) is 12.1 Å². The molecule has 0 aliphatic carbocycles. The quantitative estimate of drug-likeness (QED) is 0.812. The first-order chi connectivity index (χ1) is 9.11. The maximum absolute atomic E-state index is 10.6. The molecule has 0 spiro atoms. The molecule has 0 radical (unpaired) electrons. The minimum atomic E-state index is -0.887. The van der Waals surface area contributed by atoms with E-state index in [4.69, 9.17) is 5.11 Å². The molecular formula is C12H13N3O3S. The van der Waals surface area contributed by atoms with Crippen molar-refractivity contribution in [3.8, 4) is 17.1 Å². The van der Waals surface area contributed by atoms with Gasteiger partial charge in [-0.25, -0.2) is 0 Å². The van der Waals surface area contributed by atoms with Crippen molar-refractivity contribution in [3.63, 3.8) is 0 Å². The van der Waals surface area contributed by atoms with Crippen LogP contribution in [0.4, 0.5) is 0 Å². The summed E-state index contributed by atoms with van der Waals surface area (Å²) in [4.78, 5) is 10.6. The lowest BCUT2D eigenvalue weighted by molar-refractivity contribution is -0.133. The number of thioether (sulfide) groups is 1. The van der Waals surface area contributed by atoms with Crippen LogP contribution in [0.15, 0.2) is 29.4 Å². The smallest absolute Gasteiger partial charge is 0.313 e. The maximum Gasteiger partial charge on any atom is 0.313 e. The standard InChI is InChI=1S/C12H13N3O3S/c1-2-15-11(8-3-5-9(16)6-4-8)13-14-12(15)19-7-10(17)18/h3-6,16H,2,7H2,1H3,(H,17,18). The molecule has 7 heteroatoms. The molecule has 0 saturated carbocycles. The van der Waals surface area contributed by atoms with E-state index in [2.05, 4.69) is 10.2 Å². The zero-order chi connectivity index (χ0) is 13.8. The summed E-state index contributed by atoms with van der Waals surface area (Å²) >= 11 is 1.14. The summed E-state index contributed by atoms with van der Waals surface area (Å²) in [6, 6.07) is 6.65. The number of phenolic OH excluding ortho intramolecular Hbond substituents is 1. The van der Waals surface area contributed by atoms with Gasteiger partial charge in [-0.2, -0.15) is 0 Å². The van der Waals surface area contributed by atoms with Crippen LogP contribution in [0.1, 0.15) is 6.92 Å². The van der Waals surface area contributed by atoms with Gasteiger partial charge in [0.05, 0.1) is 5.75 Å². The number of aromatic nitrogens is 3. The van der Waals surface area contributed by atoms with Crippen molar-refractivity contribution < 1.29 is 15.0 Å². The number of nitrogens with zero attached hydrogens (tertiary/aromatic N) is 3. The second-order valence-corrected chi connectivity index (χ2v) is 4.72. The van der Waals surface area contributed by atoms with Gasteiger partial charge in [-0.15, -0.1) is 10.2 Å². The molecule has 0 saturated heterocycles. The number of carboxylic acids is 1. The third-order valence-electron chi connectivity index (χ3n) is 2.48. The molecule has 19 heavy (non-hydrogen) atoms. The highest BCUT2D eigenvalue weighted by atomic mass is 32.2. The summed E-state index contributed by atoms with van der Waals surface area (Å²) < 4.78 is 1.85. The Morgan fingerprint density at radius 2 is 2.00 bits per heavy atom.